The van der Waals surface area contributed by atoms with Crippen molar-refractivity contribution in [1.29, 1.82) is 0 Å². The molecule has 3 heterocycles. The predicted molar refractivity (Wildman–Crippen MR) is 83.8 cm³/mol. The van der Waals surface area contributed by atoms with E-state index in [0.29, 0.717) is 6.42 Å². The number of carbonyl (C=O) groups is 1. The summed E-state index contributed by atoms with van der Waals surface area (Å²) in [6, 6.07) is 3.76. The van der Waals surface area contributed by atoms with Gasteiger partial charge in [-0.2, -0.15) is 0 Å². The largest absolute Gasteiger partial charge is 0.467 e. The summed E-state index contributed by atoms with van der Waals surface area (Å²) in [5.41, 5.74) is 2.32. The molecule has 6 nitrogen and oxygen atoms in total. The Morgan fingerprint density at radius 2 is 2.00 bits per heavy atom. The summed E-state index contributed by atoms with van der Waals surface area (Å²) in [5, 5.41) is 3.37. The van der Waals surface area contributed by atoms with Crippen molar-refractivity contribution >= 4 is 11.5 Å². The molecule has 0 aromatic carbocycles. The molecule has 0 amide bonds. The van der Waals surface area contributed by atoms with Crippen molar-refractivity contribution in [1.82, 2.24) is 20.1 Å². The van der Waals surface area contributed by atoms with Gasteiger partial charge in [-0.1, -0.05) is 0 Å². The maximum absolute atomic E-state index is 12.1. The first-order chi connectivity index (χ1) is 10.7. The van der Waals surface area contributed by atoms with Crippen LogP contribution in [0.1, 0.15) is 12.0 Å². The lowest BCUT2D eigenvalue weighted by Gasteiger charge is -2.36. The van der Waals surface area contributed by atoms with E-state index in [-0.39, 0.29) is 12.0 Å². The lowest BCUT2D eigenvalue weighted by Crippen LogP contribution is -2.47. The SMILES string of the molecule is COC(=O)C1CC(c2ccncc2)=C(N2CCNCC2)N1C. The molecular formula is C16H22N4O2. The second-order valence-corrected chi connectivity index (χ2v) is 5.63. The minimum atomic E-state index is -0.252. The van der Waals surface area contributed by atoms with Gasteiger partial charge in [-0.25, -0.2) is 4.79 Å². The molecule has 1 aromatic rings. The van der Waals surface area contributed by atoms with E-state index in [0.717, 1.165) is 37.6 Å². The molecule has 1 N–H and O–H groups in total. The number of rotatable bonds is 3. The highest BCUT2D eigenvalue weighted by Crippen LogP contribution is 2.36. The first-order valence-corrected chi connectivity index (χ1v) is 7.62. The number of methoxy groups -OCH3 is 1. The van der Waals surface area contributed by atoms with Crippen LogP contribution in [0.15, 0.2) is 30.3 Å². The van der Waals surface area contributed by atoms with Crippen molar-refractivity contribution in [2.45, 2.75) is 12.5 Å². The number of pyridine rings is 1. The van der Waals surface area contributed by atoms with Gasteiger partial charge in [0.1, 0.15) is 11.9 Å². The summed E-state index contributed by atoms with van der Waals surface area (Å²) in [7, 11) is 3.43. The standard InChI is InChI=1S/C16H22N4O2/c1-19-14(16(21)22-2)11-13(12-3-5-17-6-4-12)15(19)20-9-7-18-8-10-20/h3-6,14,18H,7-11H2,1-2H3. The molecule has 1 fully saturated rings. The molecule has 6 heteroatoms. The van der Waals surface area contributed by atoms with Crippen LogP contribution in [0.25, 0.3) is 5.57 Å². The smallest absolute Gasteiger partial charge is 0.328 e. The van der Waals surface area contributed by atoms with Crippen LogP contribution >= 0.6 is 0 Å². The van der Waals surface area contributed by atoms with Crippen molar-refractivity contribution < 1.29 is 9.53 Å². The maximum Gasteiger partial charge on any atom is 0.328 e. The number of hydrogen-bond donors (Lipinski definition) is 1. The van der Waals surface area contributed by atoms with E-state index in [1.165, 1.54) is 12.7 Å². The van der Waals surface area contributed by atoms with Crippen molar-refractivity contribution in [2.75, 3.05) is 40.3 Å². The van der Waals surface area contributed by atoms with E-state index in [4.69, 9.17) is 4.74 Å². The summed E-state index contributed by atoms with van der Waals surface area (Å²) >= 11 is 0. The van der Waals surface area contributed by atoms with E-state index in [1.807, 2.05) is 19.2 Å². The summed E-state index contributed by atoms with van der Waals surface area (Å²) in [6.07, 6.45) is 4.26. The van der Waals surface area contributed by atoms with Crippen LogP contribution in [0, 0.1) is 0 Å². The average molecular weight is 302 g/mol. The molecule has 1 aromatic heterocycles. The van der Waals surface area contributed by atoms with Gasteiger partial charge in [0.2, 0.25) is 0 Å². The third kappa shape index (κ3) is 2.66. The number of esters is 1. The van der Waals surface area contributed by atoms with Gasteiger partial charge in [0, 0.05) is 57.6 Å². The Morgan fingerprint density at radius 1 is 1.32 bits per heavy atom. The molecule has 0 radical (unpaired) electrons. The van der Waals surface area contributed by atoms with E-state index >= 15 is 0 Å². The van der Waals surface area contributed by atoms with Gasteiger partial charge in [-0.15, -0.1) is 0 Å². The van der Waals surface area contributed by atoms with E-state index in [2.05, 4.69) is 20.1 Å². The molecule has 1 atom stereocenters. The van der Waals surface area contributed by atoms with Crippen LogP contribution in [-0.2, 0) is 9.53 Å². The van der Waals surface area contributed by atoms with Crippen LogP contribution < -0.4 is 5.32 Å². The number of aromatic nitrogens is 1. The normalized spacial score (nSPS) is 22.2. The zero-order chi connectivity index (χ0) is 15.5. The minimum absolute atomic E-state index is 0.181. The molecular weight excluding hydrogens is 280 g/mol. The Bertz CT molecular complexity index is 567. The summed E-state index contributed by atoms with van der Waals surface area (Å²) in [6.45, 7) is 3.82. The Kier molecular flexibility index (Phi) is 4.29. The molecule has 2 aliphatic rings. The van der Waals surface area contributed by atoms with Crippen molar-refractivity contribution in [3.05, 3.63) is 35.9 Å². The number of carbonyl (C=O) groups excluding carboxylic acids is 1. The number of piperazine rings is 1. The topological polar surface area (TPSA) is 57.7 Å². The monoisotopic (exact) mass is 302 g/mol. The molecule has 118 valence electrons. The number of hydrogen-bond acceptors (Lipinski definition) is 6. The molecule has 22 heavy (non-hydrogen) atoms. The number of nitrogens with one attached hydrogen (secondary N) is 1. The highest BCUT2D eigenvalue weighted by Gasteiger charge is 2.38. The highest BCUT2D eigenvalue weighted by atomic mass is 16.5. The van der Waals surface area contributed by atoms with Crippen LogP contribution in [0.5, 0.6) is 0 Å². The van der Waals surface area contributed by atoms with Gasteiger partial charge in [-0.05, 0) is 17.7 Å². The van der Waals surface area contributed by atoms with Gasteiger partial charge < -0.3 is 19.9 Å². The zero-order valence-corrected chi connectivity index (χ0v) is 13.1. The number of likely N-dealkylation sites (N-methyl/N-ethyl adjacent to an activating group) is 1. The molecule has 0 saturated carbocycles. The lowest BCUT2D eigenvalue weighted by molar-refractivity contribution is -0.145. The van der Waals surface area contributed by atoms with Gasteiger partial charge >= 0.3 is 5.97 Å². The summed E-state index contributed by atoms with van der Waals surface area (Å²) in [4.78, 5) is 20.6. The molecule has 2 aliphatic heterocycles. The van der Waals surface area contributed by atoms with Crippen LogP contribution in [-0.4, -0.2) is 67.1 Å². The predicted octanol–water partition coefficient (Wildman–Crippen LogP) is 0.532. The van der Waals surface area contributed by atoms with E-state index in [9.17, 15) is 4.79 Å². The third-order valence-corrected chi connectivity index (χ3v) is 4.39. The Hall–Kier alpha value is -2.08. The van der Waals surface area contributed by atoms with Crippen LogP contribution in [0.2, 0.25) is 0 Å². The molecule has 0 aliphatic carbocycles. The number of nitrogens with zero attached hydrogens (tertiary/aromatic N) is 3. The third-order valence-electron chi connectivity index (χ3n) is 4.39. The first-order valence-electron chi connectivity index (χ1n) is 7.62. The molecule has 0 spiro atoms. The molecule has 1 unspecified atom stereocenters. The fourth-order valence-electron chi connectivity index (χ4n) is 3.25. The highest BCUT2D eigenvalue weighted by molar-refractivity contribution is 5.83. The Balaban J connectivity index is 1.97. The van der Waals surface area contributed by atoms with Crippen molar-refractivity contribution in [2.24, 2.45) is 0 Å². The van der Waals surface area contributed by atoms with E-state index < -0.39 is 0 Å². The molecule has 3 rings (SSSR count). The van der Waals surface area contributed by atoms with Crippen LogP contribution in [0.4, 0.5) is 0 Å². The molecule has 1 saturated heterocycles. The average Bonchev–Trinajstić information content (AvgIpc) is 2.93. The van der Waals surface area contributed by atoms with Gasteiger partial charge in [-0.3, -0.25) is 4.98 Å². The first kappa shape index (κ1) is 14.8. The molecule has 0 bridgehead atoms. The lowest BCUT2D eigenvalue weighted by atomic mass is 10.0. The fourth-order valence-corrected chi connectivity index (χ4v) is 3.25. The van der Waals surface area contributed by atoms with E-state index in [1.54, 1.807) is 12.4 Å². The Morgan fingerprint density at radius 3 is 2.64 bits per heavy atom. The fraction of sp³-hybridized carbons (Fsp3) is 0.500. The minimum Gasteiger partial charge on any atom is -0.467 e. The van der Waals surface area contributed by atoms with Gasteiger partial charge in [0.15, 0.2) is 0 Å². The summed E-state index contributed by atoms with van der Waals surface area (Å²) < 4.78 is 4.97. The van der Waals surface area contributed by atoms with Gasteiger partial charge in [0.05, 0.1) is 7.11 Å². The van der Waals surface area contributed by atoms with Crippen LogP contribution in [0.3, 0.4) is 0 Å². The van der Waals surface area contributed by atoms with Crippen molar-refractivity contribution in [3.8, 4) is 0 Å². The van der Waals surface area contributed by atoms with Crippen molar-refractivity contribution in [3.63, 3.8) is 0 Å². The quantitative estimate of drug-likeness (QED) is 0.822. The summed E-state index contributed by atoms with van der Waals surface area (Å²) in [5.74, 6) is 0.960. The van der Waals surface area contributed by atoms with Gasteiger partial charge in [0.25, 0.3) is 0 Å². The Labute approximate surface area is 130 Å². The second kappa shape index (κ2) is 6.36. The second-order valence-electron chi connectivity index (χ2n) is 5.63. The maximum atomic E-state index is 12.1. The zero-order valence-electron chi connectivity index (χ0n) is 13.1. The number of ether oxygens (including phenoxy) is 1.